The summed E-state index contributed by atoms with van der Waals surface area (Å²) in [5.41, 5.74) is 0. The van der Waals surface area contributed by atoms with Gasteiger partial charge in [0.15, 0.2) is 0 Å². The first kappa shape index (κ1) is 14.8. The van der Waals surface area contributed by atoms with Crippen molar-refractivity contribution in [1.29, 1.82) is 0 Å². The van der Waals surface area contributed by atoms with Crippen molar-refractivity contribution in [2.75, 3.05) is 45.9 Å². The summed E-state index contributed by atoms with van der Waals surface area (Å²) >= 11 is 0. The van der Waals surface area contributed by atoms with Gasteiger partial charge in [0, 0.05) is 58.7 Å². The van der Waals surface area contributed by atoms with Crippen molar-refractivity contribution in [1.82, 2.24) is 14.7 Å². The van der Waals surface area contributed by atoms with Gasteiger partial charge >= 0.3 is 5.97 Å². The molecule has 3 atom stereocenters. The minimum absolute atomic E-state index is 0.0315. The molecule has 0 N–H and O–H groups in total. The van der Waals surface area contributed by atoms with E-state index in [9.17, 15) is 9.59 Å². The van der Waals surface area contributed by atoms with Crippen molar-refractivity contribution < 1.29 is 14.3 Å². The first-order valence-corrected chi connectivity index (χ1v) is 7.96. The van der Waals surface area contributed by atoms with Crippen molar-refractivity contribution in [2.24, 2.45) is 5.92 Å². The van der Waals surface area contributed by atoms with Gasteiger partial charge in [-0.1, -0.05) is 6.92 Å². The summed E-state index contributed by atoms with van der Waals surface area (Å²) in [7, 11) is 0. The topological polar surface area (TPSA) is 53.1 Å². The summed E-state index contributed by atoms with van der Waals surface area (Å²) in [6.07, 6.45) is 0.830. The Morgan fingerprint density at radius 2 is 1.86 bits per heavy atom. The second kappa shape index (κ2) is 5.93. The lowest BCUT2D eigenvalue weighted by atomic mass is 10.0. The molecule has 0 saturated carbocycles. The van der Waals surface area contributed by atoms with Crippen LogP contribution in [0, 0.1) is 5.92 Å². The average Bonchev–Trinajstić information content (AvgIpc) is 3.05. The molecule has 6 nitrogen and oxygen atoms in total. The molecule has 118 valence electrons. The Balaban J connectivity index is 1.57. The second-order valence-electron chi connectivity index (χ2n) is 6.51. The van der Waals surface area contributed by atoms with Gasteiger partial charge in [-0.2, -0.15) is 0 Å². The molecule has 3 aliphatic heterocycles. The highest BCUT2D eigenvalue weighted by Gasteiger charge is 2.42. The van der Waals surface area contributed by atoms with Crippen LogP contribution in [0.4, 0.5) is 0 Å². The van der Waals surface area contributed by atoms with Gasteiger partial charge in [-0.15, -0.1) is 0 Å². The average molecular weight is 295 g/mol. The fraction of sp³-hybridized carbons (Fsp3) is 0.867. The molecular formula is C15H25N3O3. The monoisotopic (exact) mass is 295 g/mol. The third kappa shape index (κ3) is 2.92. The number of amides is 1. The van der Waals surface area contributed by atoms with E-state index in [2.05, 4.69) is 16.7 Å². The number of hydrogen-bond donors (Lipinski definition) is 0. The van der Waals surface area contributed by atoms with E-state index in [-0.39, 0.29) is 17.9 Å². The molecule has 0 bridgehead atoms. The van der Waals surface area contributed by atoms with E-state index in [4.69, 9.17) is 4.74 Å². The summed E-state index contributed by atoms with van der Waals surface area (Å²) < 4.78 is 5.10. The van der Waals surface area contributed by atoms with Crippen LogP contribution in [-0.4, -0.2) is 84.5 Å². The standard InChI is InChI=1S/C15H25N3O3/c1-11-9-18(13-3-8-21-15(13)20)10-14(11)17-6-4-16(5-7-17)12(2)19/h11,13-14H,3-10H2,1-2H3/t11-,13+,14-/m1/s1. The molecule has 0 aromatic carbocycles. The van der Waals surface area contributed by atoms with Crippen molar-refractivity contribution in [3.63, 3.8) is 0 Å². The highest BCUT2D eigenvalue weighted by atomic mass is 16.5. The fourth-order valence-corrected chi connectivity index (χ4v) is 3.90. The number of hydrogen-bond acceptors (Lipinski definition) is 5. The first-order valence-electron chi connectivity index (χ1n) is 7.96. The highest BCUT2D eigenvalue weighted by molar-refractivity contribution is 5.77. The molecule has 6 heteroatoms. The van der Waals surface area contributed by atoms with Gasteiger partial charge in [-0.3, -0.25) is 19.4 Å². The summed E-state index contributed by atoms with van der Waals surface area (Å²) in [6, 6.07) is 0.462. The normalized spacial score (nSPS) is 35.2. The Kier molecular flexibility index (Phi) is 4.17. The van der Waals surface area contributed by atoms with Gasteiger partial charge in [-0.05, 0) is 5.92 Å². The molecule has 0 radical (unpaired) electrons. The van der Waals surface area contributed by atoms with E-state index in [1.807, 2.05) is 4.90 Å². The smallest absolute Gasteiger partial charge is 0.323 e. The maximum absolute atomic E-state index is 11.7. The summed E-state index contributed by atoms with van der Waals surface area (Å²) in [6.45, 7) is 9.92. The van der Waals surface area contributed by atoms with Crippen LogP contribution in [0.5, 0.6) is 0 Å². The van der Waals surface area contributed by atoms with Gasteiger partial charge in [0.2, 0.25) is 5.91 Å². The van der Waals surface area contributed by atoms with Crippen LogP contribution < -0.4 is 0 Å². The zero-order valence-corrected chi connectivity index (χ0v) is 13.0. The number of carbonyl (C=O) groups is 2. The minimum Gasteiger partial charge on any atom is -0.464 e. The van der Waals surface area contributed by atoms with Crippen molar-refractivity contribution >= 4 is 11.9 Å². The molecule has 3 heterocycles. The number of likely N-dealkylation sites (tertiary alicyclic amines) is 1. The van der Waals surface area contributed by atoms with Gasteiger partial charge < -0.3 is 9.64 Å². The van der Waals surface area contributed by atoms with Crippen molar-refractivity contribution in [3.05, 3.63) is 0 Å². The third-order valence-electron chi connectivity index (χ3n) is 5.18. The molecule has 0 aromatic rings. The lowest BCUT2D eigenvalue weighted by Crippen LogP contribution is -2.53. The molecule has 3 rings (SSSR count). The van der Waals surface area contributed by atoms with E-state index in [0.29, 0.717) is 18.6 Å². The van der Waals surface area contributed by atoms with Crippen molar-refractivity contribution in [2.45, 2.75) is 32.4 Å². The predicted octanol–water partition coefficient (Wildman–Crippen LogP) is -0.214. The van der Waals surface area contributed by atoms with Crippen LogP contribution in [0.25, 0.3) is 0 Å². The quantitative estimate of drug-likeness (QED) is 0.660. The molecule has 0 unspecified atom stereocenters. The van der Waals surface area contributed by atoms with E-state index >= 15 is 0 Å². The van der Waals surface area contributed by atoms with Crippen LogP contribution in [0.2, 0.25) is 0 Å². The van der Waals surface area contributed by atoms with Crippen LogP contribution >= 0.6 is 0 Å². The summed E-state index contributed by atoms with van der Waals surface area (Å²) in [5.74, 6) is 0.677. The van der Waals surface area contributed by atoms with Crippen LogP contribution in [0.3, 0.4) is 0 Å². The molecular weight excluding hydrogens is 270 g/mol. The number of nitrogens with zero attached hydrogens (tertiary/aromatic N) is 3. The zero-order valence-electron chi connectivity index (χ0n) is 13.0. The number of rotatable bonds is 2. The maximum atomic E-state index is 11.7. The number of ether oxygens (including phenoxy) is 1. The van der Waals surface area contributed by atoms with Gasteiger partial charge in [0.25, 0.3) is 0 Å². The Bertz CT molecular complexity index is 420. The number of esters is 1. The van der Waals surface area contributed by atoms with E-state index < -0.39 is 0 Å². The molecule has 21 heavy (non-hydrogen) atoms. The number of cyclic esters (lactones) is 1. The molecule has 3 saturated heterocycles. The summed E-state index contributed by atoms with van der Waals surface area (Å²) in [5, 5.41) is 0. The Hall–Kier alpha value is -1.14. The number of carbonyl (C=O) groups excluding carboxylic acids is 2. The molecule has 0 aromatic heterocycles. The fourth-order valence-electron chi connectivity index (χ4n) is 3.90. The van der Waals surface area contributed by atoms with Crippen LogP contribution in [0.15, 0.2) is 0 Å². The van der Waals surface area contributed by atoms with Gasteiger partial charge in [0.1, 0.15) is 6.04 Å². The van der Waals surface area contributed by atoms with E-state index in [1.54, 1.807) is 6.92 Å². The largest absolute Gasteiger partial charge is 0.464 e. The van der Waals surface area contributed by atoms with E-state index in [1.165, 1.54) is 0 Å². The Morgan fingerprint density at radius 1 is 1.14 bits per heavy atom. The van der Waals surface area contributed by atoms with Gasteiger partial charge in [0.05, 0.1) is 6.61 Å². The molecule has 0 aliphatic carbocycles. The minimum atomic E-state index is -0.0516. The zero-order chi connectivity index (χ0) is 15.0. The first-order chi connectivity index (χ1) is 10.1. The lowest BCUT2D eigenvalue weighted by Gasteiger charge is -2.39. The Morgan fingerprint density at radius 3 is 2.43 bits per heavy atom. The van der Waals surface area contributed by atoms with Gasteiger partial charge in [-0.25, -0.2) is 0 Å². The second-order valence-corrected chi connectivity index (χ2v) is 6.51. The van der Waals surface area contributed by atoms with Crippen molar-refractivity contribution in [3.8, 4) is 0 Å². The summed E-state index contributed by atoms with van der Waals surface area (Å²) in [4.78, 5) is 29.9. The predicted molar refractivity (Wildman–Crippen MR) is 77.7 cm³/mol. The number of piperazine rings is 1. The van der Waals surface area contributed by atoms with Crippen LogP contribution in [0.1, 0.15) is 20.3 Å². The molecule has 1 amide bonds. The lowest BCUT2D eigenvalue weighted by molar-refractivity contribution is -0.142. The van der Waals surface area contributed by atoms with E-state index in [0.717, 1.165) is 45.7 Å². The highest BCUT2D eigenvalue weighted by Crippen LogP contribution is 2.27. The maximum Gasteiger partial charge on any atom is 0.323 e. The third-order valence-corrected chi connectivity index (χ3v) is 5.18. The Labute approximate surface area is 126 Å². The molecule has 3 fully saturated rings. The molecule has 0 spiro atoms. The SMILES string of the molecule is CC(=O)N1CCN([C@@H]2CN([C@H]3CCOC3=O)C[C@H]2C)CC1. The van der Waals surface area contributed by atoms with Crippen LogP contribution in [-0.2, 0) is 14.3 Å². The molecule has 3 aliphatic rings.